The highest BCUT2D eigenvalue weighted by atomic mass is 19.3. The summed E-state index contributed by atoms with van der Waals surface area (Å²) in [5.74, 6) is -0.772. The molecule has 0 aromatic heterocycles. The van der Waals surface area contributed by atoms with Gasteiger partial charge < -0.3 is 4.74 Å². The summed E-state index contributed by atoms with van der Waals surface area (Å²) in [6.45, 7) is -0.166. The zero-order valence-electron chi connectivity index (χ0n) is 8.75. The maximum Gasteiger partial charge on any atom is 0.387 e. The number of ether oxygens (including phenoxy) is 1. The molecular formula is C11H9F2NO2. The number of ketones is 1. The van der Waals surface area contributed by atoms with Gasteiger partial charge in [0.15, 0.2) is 11.5 Å². The van der Waals surface area contributed by atoms with Crippen LogP contribution < -0.4 is 4.74 Å². The largest absolute Gasteiger partial charge is 0.433 e. The fourth-order valence-corrected chi connectivity index (χ4v) is 1.33. The molecule has 0 saturated heterocycles. The monoisotopic (exact) mass is 225 g/mol. The Kier molecular flexibility index (Phi) is 3.56. The number of carbonyl (C=O) groups excluding carboxylic acids is 1. The molecule has 16 heavy (non-hydrogen) atoms. The number of benzene rings is 1. The molecule has 1 aromatic carbocycles. The van der Waals surface area contributed by atoms with Crippen LogP contribution in [0.5, 0.6) is 5.75 Å². The molecule has 5 heteroatoms. The first-order chi connectivity index (χ1) is 7.45. The third-order valence-electron chi connectivity index (χ3n) is 1.94. The Hall–Kier alpha value is -1.96. The van der Waals surface area contributed by atoms with Crippen LogP contribution in [0.3, 0.4) is 0 Å². The van der Waals surface area contributed by atoms with Gasteiger partial charge in [0, 0.05) is 0 Å². The maximum atomic E-state index is 12.1. The number of nitriles is 1. The number of Topliss-reactive ketones (excluding diaryl/α,β-unsaturated/α-hetero) is 1. The molecule has 1 rings (SSSR count). The number of carbonyl (C=O) groups is 1. The van der Waals surface area contributed by atoms with E-state index in [1.165, 1.54) is 19.1 Å². The second kappa shape index (κ2) is 4.71. The van der Waals surface area contributed by atoms with E-state index >= 15 is 0 Å². The lowest BCUT2D eigenvalue weighted by Crippen LogP contribution is -2.08. The van der Waals surface area contributed by atoms with Gasteiger partial charge in [-0.3, -0.25) is 4.79 Å². The van der Waals surface area contributed by atoms with E-state index in [0.29, 0.717) is 5.56 Å². The van der Waals surface area contributed by atoms with Crippen molar-refractivity contribution in [2.75, 3.05) is 0 Å². The van der Waals surface area contributed by atoms with Crippen LogP contribution in [0.1, 0.15) is 28.4 Å². The average molecular weight is 225 g/mol. The third kappa shape index (κ3) is 2.54. The first-order valence-corrected chi connectivity index (χ1v) is 4.46. The van der Waals surface area contributed by atoms with E-state index in [9.17, 15) is 13.6 Å². The normalized spacial score (nSPS) is 10.0. The molecule has 0 bridgehead atoms. The first kappa shape index (κ1) is 12.1. The molecule has 84 valence electrons. The zero-order chi connectivity index (χ0) is 12.3. The number of rotatable bonds is 3. The van der Waals surface area contributed by atoms with Gasteiger partial charge in [0.25, 0.3) is 0 Å². The van der Waals surface area contributed by atoms with E-state index in [1.807, 2.05) is 0 Å². The van der Waals surface area contributed by atoms with Crippen molar-refractivity contribution < 1.29 is 18.3 Å². The Morgan fingerprint density at radius 2 is 2.12 bits per heavy atom. The molecule has 0 N–H and O–H groups in total. The molecule has 0 aliphatic carbocycles. The Balaban J connectivity index is 3.40. The summed E-state index contributed by atoms with van der Waals surface area (Å²) in [7, 11) is 0. The second-order valence-corrected chi connectivity index (χ2v) is 3.24. The molecule has 0 amide bonds. The summed E-state index contributed by atoms with van der Waals surface area (Å²) in [6.07, 6.45) is 0. The smallest absolute Gasteiger partial charge is 0.387 e. The Morgan fingerprint density at radius 1 is 1.50 bits per heavy atom. The quantitative estimate of drug-likeness (QED) is 0.743. The molecule has 3 nitrogen and oxygen atoms in total. The van der Waals surface area contributed by atoms with E-state index in [4.69, 9.17) is 5.26 Å². The number of nitrogens with zero attached hydrogens (tertiary/aromatic N) is 1. The summed E-state index contributed by atoms with van der Waals surface area (Å²) >= 11 is 0. The van der Waals surface area contributed by atoms with Crippen LogP contribution in [-0.2, 0) is 0 Å². The minimum Gasteiger partial charge on any atom is -0.433 e. The predicted octanol–water partition coefficient (Wildman–Crippen LogP) is 2.67. The summed E-state index contributed by atoms with van der Waals surface area (Å²) in [6, 6.07) is 4.54. The number of hydrogen-bond donors (Lipinski definition) is 0. The van der Waals surface area contributed by atoms with Crippen molar-refractivity contribution in [3.63, 3.8) is 0 Å². The molecule has 0 saturated carbocycles. The number of halogens is 2. The SMILES string of the molecule is CC(=O)c1cc(C)cc(C#N)c1OC(F)F. The van der Waals surface area contributed by atoms with Crippen LogP contribution in [0, 0.1) is 18.3 Å². The molecule has 0 atom stereocenters. The van der Waals surface area contributed by atoms with Gasteiger partial charge in [-0.05, 0) is 31.5 Å². The van der Waals surface area contributed by atoms with Gasteiger partial charge in [0.05, 0.1) is 11.1 Å². The van der Waals surface area contributed by atoms with E-state index in [-0.39, 0.29) is 16.9 Å². The van der Waals surface area contributed by atoms with Crippen molar-refractivity contribution in [1.82, 2.24) is 0 Å². The van der Waals surface area contributed by atoms with Crippen molar-refractivity contribution in [2.45, 2.75) is 20.5 Å². The van der Waals surface area contributed by atoms with E-state index in [1.54, 1.807) is 13.0 Å². The highest BCUT2D eigenvalue weighted by Gasteiger charge is 2.18. The van der Waals surface area contributed by atoms with E-state index in [2.05, 4.69) is 4.74 Å². The van der Waals surface area contributed by atoms with Gasteiger partial charge in [-0.25, -0.2) is 0 Å². The zero-order valence-corrected chi connectivity index (χ0v) is 8.75. The van der Waals surface area contributed by atoms with E-state index < -0.39 is 12.4 Å². The Labute approximate surface area is 91.3 Å². The topological polar surface area (TPSA) is 50.1 Å². The van der Waals surface area contributed by atoms with Crippen molar-refractivity contribution >= 4 is 5.78 Å². The van der Waals surface area contributed by atoms with Crippen LogP contribution in [0.15, 0.2) is 12.1 Å². The molecule has 1 aromatic rings. The van der Waals surface area contributed by atoms with Crippen LogP contribution in [0.25, 0.3) is 0 Å². The van der Waals surface area contributed by atoms with Crippen molar-refractivity contribution in [3.8, 4) is 11.8 Å². The summed E-state index contributed by atoms with van der Waals surface area (Å²) in [5.41, 5.74) is 0.575. The van der Waals surface area contributed by atoms with Gasteiger partial charge in [-0.1, -0.05) is 0 Å². The van der Waals surface area contributed by atoms with Gasteiger partial charge in [-0.2, -0.15) is 14.0 Å². The number of alkyl halides is 2. The summed E-state index contributed by atoms with van der Waals surface area (Å²) < 4.78 is 28.5. The lowest BCUT2D eigenvalue weighted by molar-refractivity contribution is -0.0503. The average Bonchev–Trinajstić information content (AvgIpc) is 2.19. The van der Waals surface area contributed by atoms with Gasteiger partial charge in [0.1, 0.15) is 6.07 Å². The Morgan fingerprint density at radius 3 is 2.56 bits per heavy atom. The third-order valence-corrected chi connectivity index (χ3v) is 1.94. The minimum atomic E-state index is -3.06. The summed E-state index contributed by atoms with van der Waals surface area (Å²) in [4.78, 5) is 11.2. The molecule has 0 aliphatic rings. The van der Waals surface area contributed by atoms with Gasteiger partial charge >= 0.3 is 6.61 Å². The highest BCUT2D eigenvalue weighted by Crippen LogP contribution is 2.27. The Bertz CT molecular complexity index is 464. The van der Waals surface area contributed by atoms with Crippen LogP contribution >= 0.6 is 0 Å². The molecule has 0 aliphatic heterocycles. The molecular weight excluding hydrogens is 216 g/mol. The number of hydrogen-bond acceptors (Lipinski definition) is 3. The van der Waals surface area contributed by atoms with E-state index in [0.717, 1.165) is 0 Å². The first-order valence-electron chi connectivity index (χ1n) is 4.46. The standard InChI is InChI=1S/C11H9F2NO2/c1-6-3-8(5-14)10(16-11(12)13)9(4-6)7(2)15/h3-4,11H,1-2H3. The van der Waals surface area contributed by atoms with Gasteiger partial charge in [0.2, 0.25) is 0 Å². The number of aryl methyl sites for hydroxylation is 1. The fraction of sp³-hybridized carbons (Fsp3) is 0.273. The molecule has 0 unspecified atom stereocenters. The lowest BCUT2D eigenvalue weighted by atomic mass is 10.0. The predicted molar refractivity (Wildman–Crippen MR) is 52.5 cm³/mol. The van der Waals surface area contributed by atoms with Crippen LogP contribution in [0.2, 0.25) is 0 Å². The fourth-order valence-electron chi connectivity index (χ4n) is 1.33. The molecule has 0 spiro atoms. The lowest BCUT2D eigenvalue weighted by Gasteiger charge is -2.11. The van der Waals surface area contributed by atoms with Crippen LogP contribution in [-0.4, -0.2) is 12.4 Å². The molecule has 0 fully saturated rings. The van der Waals surface area contributed by atoms with Crippen molar-refractivity contribution in [1.29, 1.82) is 5.26 Å². The highest BCUT2D eigenvalue weighted by molar-refractivity contribution is 5.97. The van der Waals surface area contributed by atoms with Crippen molar-refractivity contribution in [3.05, 3.63) is 28.8 Å². The second-order valence-electron chi connectivity index (χ2n) is 3.24. The minimum absolute atomic E-state index is 0.00292. The van der Waals surface area contributed by atoms with Gasteiger partial charge in [-0.15, -0.1) is 0 Å². The molecule has 0 radical (unpaired) electrons. The maximum absolute atomic E-state index is 12.1. The summed E-state index contributed by atoms with van der Waals surface area (Å²) in [5, 5.41) is 8.78. The van der Waals surface area contributed by atoms with Crippen LogP contribution in [0.4, 0.5) is 8.78 Å². The van der Waals surface area contributed by atoms with Crippen molar-refractivity contribution in [2.24, 2.45) is 0 Å². The molecule has 0 heterocycles.